The molecule has 1 aromatic rings. The van der Waals surface area contributed by atoms with E-state index in [1.807, 2.05) is 37.9 Å². The zero-order chi connectivity index (χ0) is 13.5. The fourth-order valence-electron chi connectivity index (χ4n) is 1.57. The van der Waals surface area contributed by atoms with Crippen molar-refractivity contribution in [2.75, 3.05) is 25.1 Å². The molecule has 1 rings (SSSR count). The normalized spacial score (nSPS) is 12.2. The molecule has 1 unspecified atom stereocenters. The molecule has 0 aliphatic carbocycles. The fourth-order valence-corrected chi connectivity index (χ4v) is 1.57. The van der Waals surface area contributed by atoms with E-state index in [4.69, 9.17) is 10.00 Å². The molecule has 0 spiro atoms. The number of hydrogen-bond acceptors (Lipinski definition) is 4. The van der Waals surface area contributed by atoms with E-state index in [9.17, 15) is 5.11 Å². The van der Waals surface area contributed by atoms with Crippen LogP contribution in [0, 0.1) is 11.3 Å². The lowest BCUT2D eigenvalue weighted by Crippen LogP contribution is -2.32. The topological polar surface area (TPSA) is 56.5 Å². The van der Waals surface area contributed by atoms with Crippen molar-refractivity contribution < 1.29 is 9.84 Å². The molecule has 0 bridgehead atoms. The van der Waals surface area contributed by atoms with Gasteiger partial charge < -0.3 is 14.7 Å². The van der Waals surface area contributed by atoms with Crippen LogP contribution >= 0.6 is 0 Å². The van der Waals surface area contributed by atoms with Gasteiger partial charge in [-0.2, -0.15) is 5.26 Å². The molecule has 1 N–H and O–H groups in total. The Balaban J connectivity index is 2.48. The Morgan fingerprint density at radius 1 is 1.33 bits per heavy atom. The maximum atomic E-state index is 9.81. The predicted octanol–water partition coefficient (Wildman–Crippen LogP) is 1.78. The van der Waals surface area contributed by atoms with Gasteiger partial charge in [-0.25, -0.2) is 0 Å². The van der Waals surface area contributed by atoms with Gasteiger partial charge in [0.2, 0.25) is 0 Å². The van der Waals surface area contributed by atoms with Gasteiger partial charge in [0.05, 0.1) is 30.4 Å². The highest BCUT2D eigenvalue weighted by Crippen LogP contribution is 2.13. The van der Waals surface area contributed by atoms with Gasteiger partial charge in [-0.15, -0.1) is 0 Å². The smallest absolute Gasteiger partial charge is 0.0991 e. The first-order chi connectivity index (χ1) is 8.52. The van der Waals surface area contributed by atoms with Crippen LogP contribution in [0.4, 0.5) is 5.69 Å². The maximum Gasteiger partial charge on any atom is 0.0991 e. The van der Waals surface area contributed by atoms with Gasteiger partial charge in [0.15, 0.2) is 0 Å². The summed E-state index contributed by atoms with van der Waals surface area (Å²) in [6.45, 7) is 4.71. The van der Waals surface area contributed by atoms with Crippen LogP contribution in [0.3, 0.4) is 0 Å². The van der Waals surface area contributed by atoms with Crippen LogP contribution < -0.4 is 4.90 Å². The third-order valence-corrected chi connectivity index (χ3v) is 2.54. The Kier molecular flexibility index (Phi) is 5.63. The highest BCUT2D eigenvalue weighted by atomic mass is 16.5. The number of anilines is 1. The molecular weight excluding hydrogens is 228 g/mol. The van der Waals surface area contributed by atoms with E-state index in [0.717, 1.165) is 5.69 Å². The minimum atomic E-state index is -0.520. The average Bonchev–Trinajstić information content (AvgIpc) is 2.36. The van der Waals surface area contributed by atoms with Crippen molar-refractivity contribution in [1.29, 1.82) is 5.26 Å². The van der Waals surface area contributed by atoms with Crippen molar-refractivity contribution in [2.45, 2.75) is 26.1 Å². The van der Waals surface area contributed by atoms with Crippen molar-refractivity contribution in [3.05, 3.63) is 29.8 Å². The van der Waals surface area contributed by atoms with E-state index in [0.29, 0.717) is 18.7 Å². The van der Waals surface area contributed by atoms with Crippen LogP contribution in [0.1, 0.15) is 19.4 Å². The van der Waals surface area contributed by atoms with Gasteiger partial charge in [-0.05, 0) is 38.1 Å². The number of aliphatic hydroxyl groups is 1. The summed E-state index contributed by atoms with van der Waals surface area (Å²) in [5.74, 6) is 0. The van der Waals surface area contributed by atoms with Crippen LogP contribution in [0.25, 0.3) is 0 Å². The Bertz CT molecular complexity index is 395. The van der Waals surface area contributed by atoms with Gasteiger partial charge in [0.1, 0.15) is 0 Å². The Labute approximate surface area is 108 Å². The predicted molar refractivity (Wildman–Crippen MR) is 71.5 cm³/mol. The molecule has 1 aromatic carbocycles. The molecule has 0 heterocycles. The molecule has 0 saturated heterocycles. The van der Waals surface area contributed by atoms with Gasteiger partial charge >= 0.3 is 0 Å². The highest BCUT2D eigenvalue weighted by Gasteiger charge is 2.10. The summed E-state index contributed by atoms with van der Waals surface area (Å²) in [6, 6.07) is 9.35. The highest BCUT2D eigenvalue weighted by molar-refractivity contribution is 5.49. The first-order valence-electron chi connectivity index (χ1n) is 6.04. The molecular formula is C14H20N2O2. The molecule has 0 radical (unpaired) electrons. The Morgan fingerprint density at radius 3 is 2.44 bits per heavy atom. The van der Waals surface area contributed by atoms with Crippen molar-refractivity contribution in [3.63, 3.8) is 0 Å². The lowest BCUT2D eigenvalue weighted by molar-refractivity contribution is 0.00927. The number of aliphatic hydroxyl groups excluding tert-OH is 1. The summed E-state index contributed by atoms with van der Waals surface area (Å²) >= 11 is 0. The Hall–Kier alpha value is -1.57. The summed E-state index contributed by atoms with van der Waals surface area (Å²) in [4.78, 5) is 1.94. The molecule has 0 aliphatic heterocycles. The second-order valence-corrected chi connectivity index (χ2v) is 4.58. The lowest BCUT2D eigenvalue weighted by Gasteiger charge is -2.23. The summed E-state index contributed by atoms with van der Waals surface area (Å²) in [6.07, 6.45) is -0.395. The molecule has 0 saturated carbocycles. The summed E-state index contributed by atoms with van der Waals surface area (Å²) < 4.78 is 5.36. The van der Waals surface area contributed by atoms with Gasteiger partial charge in [-0.3, -0.25) is 0 Å². The SMILES string of the molecule is CC(C)OCC(O)CN(C)c1ccc(C#N)cc1. The van der Waals surface area contributed by atoms with Crippen LogP contribution in [0.2, 0.25) is 0 Å². The van der Waals surface area contributed by atoms with Gasteiger partial charge in [0, 0.05) is 19.3 Å². The molecule has 18 heavy (non-hydrogen) atoms. The molecule has 4 nitrogen and oxygen atoms in total. The molecule has 0 aromatic heterocycles. The fraction of sp³-hybridized carbons (Fsp3) is 0.500. The summed E-state index contributed by atoms with van der Waals surface area (Å²) in [7, 11) is 1.90. The molecule has 0 amide bonds. The summed E-state index contributed by atoms with van der Waals surface area (Å²) in [5.41, 5.74) is 1.61. The molecule has 0 aliphatic rings. The standard InChI is InChI=1S/C14H20N2O2/c1-11(2)18-10-14(17)9-16(3)13-6-4-12(8-15)5-7-13/h4-7,11,14,17H,9-10H2,1-3H3. The van der Waals surface area contributed by atoms with Crippen LogP contribution in [0.15, 0.2) is 24.3 Å². The maximum absolute atomic E-state index is 9.81. The van der Waals surface area contributed by atoms with Gasteiger partial charge in [0.25, 0.3) is 0 Å². The molecule has 4 heteroatoms. The average molecular weight is 248 g/mol. The quantitative estimate of drug-likeness (QED) is 0.833. The van der Waals surface area contributed by atoms with Crippen LogP contribution in [0.5, 0.6) is 0 Å². The van der Waals surface area contributed by atoms with Crippen LogP contribution in [-0.4, -0.2) is 37.5 Å². The molecule has 1 atom stereocenters. The minimum absolute atomic E-state index is 0.125. The van der Waals surface area contributed by atoms with Crippen molar-refractivity contribution in [3.8, 4) is 6.07 Å². The van der Waals surface area contributed by atoms with E-state index in [1.165, 1.54) is 0 Å². The number of nitrogens with zero attached hydrogens (tertiary/aromatic N) is 2. The van der Waals surface area contributed by atoms with E-state index in [1.54, 1.807) is 12.1 Å². The van der Waals surface area contributed by atoms with E-state index >= 15 is 0 Å². The van der Waals surface area contributed by atoms with Crippen molar-refractivity contribution >= 4 is 5.69 Å². The number of rotatable bonds is 6. The number of nitriles is 1. The van der Waals surface area contributed by atoms with Crippen molar-refractivity contribution in [2.24, 2.45) is 0 Å². The number of benzene rings is 1. The number of ether oxygens (including phenoxy) is 1. The van der Waals surface area contributed by atoms with E-state index in [-0.39, 0.29) is 6.10 Å². The second-order valence-electron chi connectivity index (χ2n) is 4.58. The lowest BCUT2D eigenvalue weighted by atomic mass is 10.2. The zero-order valence-corrected chi connectivity index (χ0v) is 11.1. The first kappa shape index (κ1) is 14.5. The monoisotopic (exact) mass is 248 g/mol. The van der Waals surface area contributed by atoms with Crippen molar-refractivity contribution in [1.82, 2.24) is 0 Å². The minimum Gasteiger partial charge on any atom is -0.389 e. The third kappa shape index (κ3) is 4.74. The molecule has 98 valence electrons. The third-order valence-electron chi connectivity index (χ3n) is 2.54. The zero-order valence-electron chi connectivity index (χ0n) is 11.1. The summed E-state index contributed by atoms with van der Waals surface area (Å²) in [5, 5.41) is 18.5. The van der Waals surface area contributed by atoms with E-state index in [2.05, 4.69) is 6.07 Å². The first-order valence-corrected chi connectivity index (χ1v) is 6.04. The van der Waals surface area contributed by atoms with Crippen LogP contribution in [-0.2, 0) is 4.74 Å². The van der Waals surface area contributed by atoms with Gasteiger partial charge in [-0.1, -0.05) is 0 Å². The largest absolute Gasteiger partial charge is 0.389 e. The molecule has 0 fully saturated rings. The van der Waals surface area contributed by atoms with E-state index < -0.39 is 6.10 Å². The number of likely N-dealkylation sites (N-methyl/N-ethyl adjacent to an activating group) is 1. The Morgan fingerprint density at radius 2 is 1.94 bits per heavy atom. The second kappa shape index (κ2) is 7.00. The number of hydrogen-bond donors (Lipinski definition) is 1.